The van der Waals surface area contributed by atoms with Crippen LogP contribution in [0.15, 0.2) is 42.5 Å². The fourth-order valence-corrected chi connectivity index (χ4v) is 2.11. The first kappa shape index (κ1) is 18.0. The van der Waals surface area contributed by atoms with Gasteiger partial charge in [0.25, 0.3) is 0 Å². The van der Waals surface area contributed by atoms with E-state index in [-0.39, 0.29) is 6.54 Å². The second kappa shape index (κ2) is 7.99. The second-order valence-electron chi connectivity index (χ2n) is 4.97. The molecule has 0 aromatic heterocycles. The molecule has 126 valence electrons. The van der Waals surface area contributed by atoms with Crippen molar-refractivity contribution in [3.63, 3.8) is 0 Å². The average molecular weight is 370 g/mol. The number of amides is 3. The highest BCUT2D eigenvalue weighted by Gasteiger charge is 2.13. The van der Waals surface area contributed by atoms with E-state index in [4.69, 9.17) is 23.2 Å². The molecule has 5 nitrogen and oxygen atoms in total. The van der Waals surface area contributed by atoms with E-state index in [0.717, 1.165) is 0 Å². The number of hydrogen-bond donors (Lipinski definition) is 2. The van der Waals surface area contributed by atoms with Gasteiger partial charge in [0.15, 0.2) is 0 Å². The molecule has 2 rings (SSSR count). The second-order valence-corrected chi connectivity index (χ2v) is 5.78. The Bertz CT molecular complexity index is 753. The summed E-state index contributed by atoms with van der Waals surface area (Å²) in [6.45, 7) is -0.176. The molecule has 0 aliphatic carbocycles. The van der Waals surface area contributed by atoms with Crippen LogP contribution < -0.4 is 10.6 Å². The molecule has 0 radical (unpaired) electrons. The minimum Gasteiger partial charge on any atom is -0.325 e. The van der Waals surface area contributed by atoms with Gasteiger partial charge < -0.3 is 15.5 Å². The van der Waals surface area contributed by atoms with Gasteiger partial charge in [-0.1, -0.05) is 23.2 Å². The monoisotopic (exact) mass is 369 g/mol. The van der Waals surface area contributed by atoms with Crippen molar-refractivity contribution in [2.75, 3.05) is 24.2 Å². The number of anilines is 2. The van der Waals surface area contributed by atoms with Crippen LogP contribution in [0.2, 0.25) is 10.0 Å². The SMILES string of the molecule is CN(CC(=O)Nc1ccc(F)cc1)C(=O)Nc1ccc(Cl)c(Cl)c1. The van der Waals surface area contributed by atoms with Gasteiger partial charge in [-0.05, 0) is 42.5 Å². The summed E-state index contributed by atoms with van der Waals surface area (Å²) in [5.74, 6) is -0.806. The van der Waals surface area contributed by atoms with Gasteiger partial charge in [-0.25, -0.2) is 9.18 Å². The fraction of sp³-hybridized carbons (Fsp3) is 0.125. The molecular formula is C16H14Cl2FN3O2. The van der Waals surface area contributed by atoms with Crippen LogP contribution in [0.4, 0.5) is 20.6 Å². The molecule has 0 saturated carbocycles. The third-order valence-electron chi connectivity index (χ3n) is 3.03. The topological polar surface area (TPSA) is 61.4 Å². The molecule has 0 spiro atoms. The Labute approximate surface area is 148 Å². The number of benzene rings is 2. The van der Waals surface area contributed by atoms with Gasteiger partial charge in [-0.3, -0.25) is 4.79 Å². The summed E-state index contributed by atoms with van der Waals surface area (Å²) >= 11 is 11.7. The summed E-state index contributed by atoms with van der Waals surface area (Å²) in [4.78, 5) is 25.1. The first-order valence-corrected chi connectivity index (χ1v) is 7.63. The van der Waals surface area contributed by atoms with Crippen LogP contribution in [0.3, 0.4) is 0 Å². The zero-order valence-corrected chi connectivity index (χ0v) is 14.2. The molecule has 8 heteroatoms. The van der Waals surface area contributed by atoms with Gasteiger partial charge in [-0.15, -0.1) is 0 Å². The largest absolute Gasteiger partial charge is 0.325 e. The lowest BCUT2D eigenvalue weighted by Gasteiger charge is -2.18. The van der Waals surface area contributed by atoms with E-state index in [0.29, 0.717) is 21.4 Å². The van der Waals surface area contributed by atoms with Gasteiger partial charge in [0.2, 0.25) is 5.91 Å². The lowest BCUT2D eigenvalue weighted by Crippen LogP contribution is -2.37. The number of carbonyl (C=O) groups is 2. The van der Waals surface area contributed by atoms with Crippen molar-refractivity contribution in [3.8, 4) is 0 Å². The van der Waals surface area contributed by atoms with Crippen LogP contribution in [0.1, 0.15) is 0 Å². The summed E-state index contributed by atoms with van der Waals surface area (Å²) in [6, 6.07) is 9.51. The van der Waals surface area contributed by atoms with E-state index in [1.807, 2.05) is 0 Å². The smallest absolute Gasteiger partial charge is 0.322 e. The quantitative estimate of drug-likeness (QED) is 0.846. The minimum absolute atomic E-state index is 0.176. The molecule has 0 saturated heterocycles. The maximum atomic E-state index is 12.8. The van der Waals surface area contributed by atoms with Gasteiger partial charge >= 0.3 is 6.03 Å². The summed E-state index contributed by atoms with van der Waals surface area (Å²) in [5.41, 5.74) is 0.903. The summed E-state index contributed by atoms with van der Waals surface area (Å²) < 4.78 is 12.8. The van der Waals surface area contributed by atoms with Crippen LogP contribution >= 0.6 is 23.2 Å². The number of urea groups is 1. The highest BCUT2D eigenvalue weighted by atomic mass is 35.5. The molecule has 0 unspecified atom stereocenters. The number of carbonyl (C=O) groups excluding carboxylic acids is 2. The predicted molar refractivity (Wildman–Crippen MR) is 93.1 cm³/mol. The lowest BCUT2D eigenvalue weighted by molar-refractivity contribution is -0.116. The van der Waals surface area contributed by atoms with Crippen molar-refractivity contribution in [2.24, 2.45) is 0 Å². The Morgan fingerprint density at radius 3 is 2.25 bits per heavy atom. The van der Waals surface area contributed by atoms with Crippen LogP contribution in [0.25, 0.3) is 0 Å². The molecule has 2 N–H and O–H groups in total. The van der Waals surface area contributed by atoms with Crippen molar-refractivity contribution >= 4 is 46.5 Å². The highest BCUT2D eigenvalue weighted by Crippen LogP contribution is 2.25. The molecule has 2 aromatic rings. The minimum atomic E-state index is -0.484. The zero-order valence-electron chi connectivity index (χ0n) is 12.6. The zero-order chi connectivity index (χ0) is 17.7. The molecule has 2 aromatic carbocycles. The van der Waals surface area contributed by atoms with E-state index in [9.17, 15) is 14.0 Å². The fourth-order valence-electron chi connectivity index (χ4n) is 1.81. The van der Waals surface area contributed by atoms with E-state index in [1.54, 1.807) is 12.1 Å². The van der Waals surface area contributed by atoms with Gasteiger partial charge in [0.1, 0.15) is 12.4 Å². The Hall–Kier alpha value is -2.31. The number of rotatable bonds is 4. The third kappa shape index (κ3) is 5.11. The predicted octanol–water partition coefficient (Wildman–Crippen LogP) is 4.23. The molecule has 0 fully saturated rings. The molecule has 24 heavy (non-hydrogen) atoms. The van der Waals surface area contributed by atoms with E-state index in [1.165, 1.54) is 42.3 Å². The molecule has 0 bridgehead atoms. The van der Waals surface area contributed by atoms with Crippen LogP contribution in [0, 0.1) is 5.82 Å². The average Bonchev–Trinajstić information content (AvgIpc) is 2.53. The Morgan fingerprint density at radius 1 is 1.00 bits per heavy atom. The van der Waals surface area contributed by atoms with Crippen molar-refractivity contribution in [2.45, 2.75) is 0 Å². The maximum Gasteiger partial charge on any atom is 0.322 e. The first-order chi connectivity index (χ1) is 11.3. The van der Waals surface area contributed by atoms with Crippen molar-refractivity contribution < 1.29 is 14.0 Å². The van der Waals surface area contributed by atoms with Crippen molar-refractivity contribution in [1.82, 2.24) is 4.90 Å². The van der Waals surface area contributed by atoms with Crippen molar-refractivity contribution in [1.29, 1.82) is 0 Å². The van der Waals surface area contributed by atoms with E-state index in [2.05, 4.69) is 10.6 Å². The van der Waals surface area contributed by atoms with Gasteiger partial charge in [-0.2, -0.15) is 0 Å². The van der Waals surface area contributed by atoms with Gasteiger partial charge in [0, 0.05) is 18.4 Å². The standard InChI is InChI=1S/C16H14Cl2FN3O2/c1-22(9-15(23)20-11-4-2-10(19)3-5-11)16(24)21-12-6-7-13(17)14(18)8-12/h2-8H,9H2,1H3,(H,20,23)(H,21,24). The van der Waals surface area contributed by atoms with Crippen molar-refractivity contribution in [3.05, 3.63) is 58.3 Å². The van der Waals surface area contributed by atoms with Crippen LogP contribution in [-0.4, -0.2) is 30.4 Å². The van der Waals surface area contributed by atoms with Crippen LogP contribution in [-0.2, 0) is 4.79 Å². The normalized spacial score (nSPS) is 10.2. The Morgan fingerprint density at radius 2 is 1.62 bits per heavy atom. The summed E-state index contributed by atoms with van der Waals surface area (Å²) in [5, 5.41) is 5.86. The lowest BCUT2D eigenvalue weighted by atomic mass is 10.3. The molecule has 3 amide bonds. The number of likely N-dealkylation sites (N-methyl/N-ethyl adjacent to an activating group) is 1. The Kier molecular flexibility index (Phi) is 6.00. The number of nitrogens with zero attached hydrogens (tertiary/aromatic N) is 1. The third-order valence-corrected chi connectivity index (χ3v) is 3.77. The first-order valence-electron chi connectivity index (χ1n) is 6.88. The highest BCUT2D eigenvalue weighted by molar-refractivity contribution is 6.42. The number of halogens is 3. The molecule has 0 aliphatic heterocycles. The van der Waals surface area contributed by atoms with E-state index < -0.39 is 17.8 Å². The number of hydrogen-bond acceptors (Lipinski definition) is 2. The summed E-state index contributed by atoms with van der Waals surface area (Å²) in [7, 11) is 1.47. The number of nitrogens with one attached hydrogen (secondary N) is 2. The molecular weight excluding hydrogens is 356 g/mol. The molecule has 0 heterocycles. The van der Waals surface area contributed by atoms with Crippen LogP contribution in [0.5, 0.6) is 0 Å². The maximum absolute atomic E-state index is 12.8. The Balaban J connectivity index is 1.89. The summed E-state index contributed by atoms with van der Waals surface area (Å²) in [6.07, 6.45) is 0. The van der Waals surface area contributed by atoms with E-state index >= 15 is 0 Å². The van der Waals surface area contributed by atoms with Gasteiger partial charge in [0.05, 0.1) is 10.0 Å². The molecule has 0 atom stereocenters. The molecule has 0 aliphatic rings.